The molecule has 7 heteroatoms. The molecule has 0 aliphatic heterocycles. The van der Waals surface area contributed by atoms with Gasteiger partial charge in [0, 0.05) is 12.7 Å². The molecule has 0 aliphatic carbocycles. The summed E-state index contributed by atoms with van der Waals surface area (Å²) in [6.45, 7) is -0.129. The Morgan fingerprint density at radius 2 is 1.72 bits per heavy atom. The lowest BCUT2D eigenvalue weighted by atomic mass is 10.1. The zero-order valence-corrected chi connectivity index (χ0v) is 13.2. The highest BCUT2D eigenvalue weighted by Crippen LogP contribution is 2.19. The summed E-state index contributed by atoms with van der Waals surface area (Å²) in [6, 6.07) is 12.3. The highest BCUT2D eigenvalue weighted by molar-refractivity contribution is 5.30. The second kappa shape index (κ2) is 7.50. The highest BCUT2D eigenvalue weighted by Gasteiger charge is 2.17. The number of nitrogens with zero attached hydrogens (tertiary/aromatic N) is 2. The van der Waals surface area contributed by atoms with Crippen LogP contribution in [0.15, 0.2) is 54.7 Å². The second-order valence-corrected chi connectivity index (χ2v) is 5.50. The summed E-state index contributed by atoms with van der Waals surface area (Å²) in [7, 11) is 0. The zero-order valence-electron chi connectivity index (χ0n) is 13.2. The molecule has 1 heterocycles. The van der Waals surface area contributed by atoms with Crippen LogP contribution in [0, 0.1) is 17.5 Å². The largest absolute Gasteiger partial charge is 0.394 e. The van der Waals surface area contributed by atoms with Crippen molar-refractivity contribution in [2.24, 2.45) is 0 Å². The number of hydrogen-bond acceptors (Lipinski definition) is 3. The Balaban J connectivity index is 1.71. The molecule has 2 N–H and O–H groups in total. The summed E-state index contributed by atoms with van der Waals surface area (Å²) in [5.74, 6) is -4.10. The van der Waals surface area contributed by atoms with Gasteiger partial charge in [-0.1, -0.05) is 18.2 Å². The Hall–Kier alpha value is -2.64. The van der Waals surface area contributed by atoms with Crippen LogP contribution >= 0.6 is 0 Å². The first-order valence-electron chi connectivity index (χ1n) is 7.67. The van der Waals surface area contributed by atoms with Crippen molar-refractivity contribution in [2.45, 2.75) is 12.6 Å². The molecule has 1 unspecified atom stereocenters. The molecule has 0 saturated carbocycles. The topological polar surface area (TPSA) is 50.1 Å². The third-order valence-corrected chi connectivity index (χ3v) is 3.79. The van der Waals surface area contributed by atoms with E-state index in [2.05, 4.69) is 10.4 Å². The molecule has 0 bridgehead atoms. The third kappa shape index (κ3) is 3.89. The van der Waals surface area contributed by atoms with E-state index in [0.717, 1.165) is 17.8 Å². The summed E-state index contributed by atoms with van der Waals surface area (Å²) in [5.41, 5.74) is 1.71. The molecular formula is C18H16F3N3O. The molecule has 4 nitrogen and oxygen atoms in total. The van der Waals surface area contributed by atoms with Crippen LogP contribution in [0.1, 0.15) is 17.3 Å². The Morgan fingerprint density at radius 1 is 1.04 bits per heavy atom. The van der Waals surface area contributed by atoms with Crippen LogP contribution in [0.25, 0.3) is 5.69 Å². The van der Waals surface area contributed by atoms with Gasteiger partial charge in [0.05, 0.1) is 24.0 Å². The predicted octanol–water partition coefficient (Wildman–Crippen LogP) is 3.11. The lowest BCUT2D eigenvalue weighted by Gasteiger charge is -2.16. The Kier molecular flexibility index (Phi) is 5.16. The van der Waals surface area contributed by atoms with Crippen molar-refractivity contribution in [3.63, 3.8) is 0 Å². The Labute approximate surface area is 142 Å². The molecule has 25 heavy (non-hydrogen) atoms. The van der Waals surface area contributed by atoms with E-state index in [9.17, 15) is 18.3 Å². The van der Waals surface area contributed by atoms with Crippen molar-refractivity contribution in [1.82, 2.24) is 15.1 Å². The summed E-state index contributed by atoms with van der Waals surface area (Å²) >= 11 is 0. The van der Waals surface area contributed by atoms with Crippen molar-refractivity contribution in [3.8, 4) is 5.69 Å². The lowest BCUT2D eigenvalue weighted by Crippen LogP contribution is -2.24. The van der Waals surface area contributed by atoms with Gasteiger partial charge in [0.1, 0.15) is 0 Å². The van der Waals surface area contributed by atoms with Crippen LogP contribution in [-0.4, -0.2) is 21.5 Å². The van der Waals surface area contributed by atoms with Crippen molar-refractivity contribution >= 4 is 0 Å². The zero-order chi connectivity index (χ0) is 17.8. The number of aromatic nitrogens is 2. The van der Waals surface area contributed by atoms with Crippen LogP contribution in [0.4, 0.5) is 13.2 Å². The van der Waals surface area contributed by atoms with Gasteiger partial charge in [-0.15, -0.1) is 0 Å². The number of para-hydroxylation sites is 1. The number of rotatable bonds is 6. The van der Waals surface area contributed by atoms with Gasteiger partial charge in [-0.2, -0.15) is 5.10 Å². The van der Waals surface area contributed by atoms with Crippen LogP contribution in [0.2, 0.25) is 0 Å². The van der Waals surface area contributed by atoms with Gasteiger partial charge in [0.25, 0.3) is 0 Å². The van der Waals surface area contributed by atoms with Gasteiger partial charge in [-0.25, -0.2) is 17.9 Å². The molecule has 0 fully saturated rings. The second-order valence-electron chi connectivity index (χ2n) is 5.50. The van der Waals surface area contributed by atoms with Gasteiger partial charge in [0.15, 0.2) is 17.5 Å². The number of aliphatic hydroxyl groups excluding tert-OH is 1. The van der Waals surface area contributed by atoms with E-state index in [1.807, 2.05) is 30.3 Å². The van der Waals surface area contributed by atoms with E-state index < -0.39 is 30.1 Å². The molecule has 0 saturated heterocycles. The number of halogens is 3. The third-order valence-electron chi connectivity index (χ3n) is 3.79. The van der Waals surface area contributed by atoms with E-state index in [1.54, 1.807) is 16.9 Å². The summed E-state index contributed by atoms with van der Waals surface area (Å²) < 4.78 is 41.4. The smallest absolute Gasteiger partial charge is 0.194 e. The summed E-state index contributed by atoms with van der Waals surface area (Å²) in [5, 5.41) is 16.8. The maximum atomic E-state index is 13.4. The monoisotopic (exact) mass is 347 g/mol. The van der Waals surface area contributed by atoms with Crippen molar-refractivity contribution in [2.75, 3.05) is 6.61 Å². The molecule has 2 aromatic carbocycles. The first-order valence-corrected chi connectivity index (χ1v) is 7.67. The summed E-state index contributed by atoms with van der Waals surface area (Å²) in [6.07, 6.45) is 1.79. The fraction of sp³-hybridized carbons (Fsp3) is 0.167. The first-order chi connectivity index (χ1) is 12.1. The normalized spacial score (nSPS) is 12.3. The van der Waals surface area contributed by atoms with E-state index in [0.29, 0.717) is 5.69 Å². The van der Waals surface area contributed by atoms with Gasteiger partial charge in [0.2, 0.25) is 0 Å². The number of benzene rings is 2. The van der Waals surface area contributed by atoms with Crippen LogP contribution in [0.5, 0.6) is 0 Å². The maximum Gasteiger partial charge on any atom is 0.194 e. The first kappa shape index (κ1) is 17.2. The molecule has 0 amide bonds. The van der Waals surface area contributed by atoms with Crippen LogP contribution < -0.4 is 5.32 Å². The molecule has 130 valence electrons. The quantitative estimate of drug-likeness (QED) is 0.674. The van der Waals surface area contributed by atoms with E-state index in [1.165, 1.54) is 0 Å². The number of aliphatic hydroxyl groups is 1. The van der Waals surface area contributed by atoms with Gasteiger partial charge < -0.3 is 10.4 Å². The van der Waals surface area contributed by atoms with Gasteiger partial charge >= 0.3 is 0 Å². The number of nitrogens with one attached hydrogen (secondary N) is 1. The van der Waals surface area contributed by atoms with Crippen molar-refractivity contribution < 1.29 is 18.3 Å². The van der Waals surface area contributed by atoms with Gasteiger partial charge in [-0.3, -0.25) is 0 Å². The fourth-order valence-electron chi connectivity index (χ4n) is 2.47. The predicted molar refractivity (Wildman–Crippen MR) is 86.5 cm³/mol. The molecule has 0 aliphatic rings. The summed E-state index contributed by atoms with van der Waals surface area (Å²) in [4.78, 5) is 0. The molecule has 1 atom stereocenters. The van der Waals surface area contributed by atoms with Crippen LogP contribution in [-0.2, 0) is 6.54 Å². The van der Waals surface area contributed by atoms with Crippen molar-refractivity contribution in [3.05, 3.63) is 83.4 Å². The Morgan fingerprint density at radius 3 is 2.36 bits per heavy atom. The minimum atomic E-state index is -1.53. The molecular weight excluding hydrogens is 331 g/mol. The maximum absolute atomic E-state index is 13.4. The molecule has 0 radical (unpaired) electrons. The van der Waals surface area contributed by atoms with E-state index >= 15 is 0 Å². The molecule has 1 aromatic heterocycles. The highest BCUT2D eigenvalue weighted by atomic mass is 19.2. The molecule has 3 aromatic rings. The lowest BCUT2D eigenvalue weighted by molar-refractivity contribution is 0.242. The van der Waals surface area contributed by atoms with E-state index in [4.69, 9.17) is 0 Å². The fourth-order valence-corrected chi connectivity index (χ4v) is 2.47. The Bertz CT molecular complexity index is 829. The standard InChI is InChI=1S/C18H16F3N3O/c19-15-8-12(9-16(20)18(15)21)17(11-25)22-10-13-6-7-24(23-13)14-4-2-1-3-5-14/h1-9,17,22,25H,10-11H2. The average molecular weight is 347 g/mol. The minimum absolute atomic E-state index is 0.126. The average Bonchev–Trinajstić information content (AvgIpc) is 3.10. The number of hydrogen-bond donors (Lipinski definition) is 2. The van der Waals surface area contributed by atoms with Gasteiger partial charge in [-0.05, 0) is 35.9 Å². The van der Waals surface area contributed by atoms with Crippen LogP contribution in [0.3, 0.4) is 0 Å². The minimum Gasteiger partial charge on any atom is -0.394 e. The van der Waals surface area contributed by atoms with Crippen molar-refractivity contribution in [1.29, 1.82) is 0 Å². The molecule has 0 spiro atoms. The SMILES string of the molecule is OCC(NCc1ccn(-c2ccccc2)n1)c1cc(F)c(F)c(F)c1. The van der Waals surface area contributed by atoms with E-state index in [-0.39, 0.29) is 12.1 Å². The molecule has 3 rings (SSSR count).